The van der Waals surface area contributed by atoms with Gasteiger partial charge in [0, 0.05) is 36.8 Å². The summed E-state index contributed by atoms with van der Waals surface area (Å²) in [6.07, 6.45) is 5.19. The van der Waals surface area contributed by atoms with Gasteiger partial charge in [-0.15, -0.1) is 6.58 Å². The summed E-state index contributed by atoms with van der Waals surface area (Å²) in [6, 6.07) is 3.74. The first-order valence-electron chi connectivity index (χ1n) is 13.2. The highest BCUT2D eigenvalue weighted by Crippen LogP contribution is 2.31. The first-order valence-corrected chi connectivity index (χ1v) is 13.2. The second kappa shape index (κ2) is 12.0. The molecule has 214 valence electrons. The Bertz CT molecular complexity index is 1410. The number of rotatable bonds is 9. The van der Waals surface area contributed by atoms with Crippen LogP contribution in [0.2, 0.25) is 0 Å². The van der Waals surface area contributed by atoms with Gasteiger partial charge in [-0.2, -0.15) is 5.10 Å². The second-order valence-corrected chi connectivity index (χ2v) is 11.7. The zero-order chi connectivity index (χ0) is 29.8. The number of amides is 1. The number of nitrogens with zero attached hydrogens (tertiary/aromatic N) is 5. The summed E-state index contributed by atoms with van der Waals surface area (Å²) in [5.74, 6) is -0.128. The number of benzene rings is 1. The third-order valence-corrected chi connectivity index (χ3v) is 5.69. The standard InChI is InChI=1S/C30H39N5O5/c1-10-11-12-34(28(38)40-30(7,8)9)17-22-13-21(23-15-31-20(3)32-16-23)14-24-26(19(2)36)33-35(27(22)24)18-25(37)39-29(4,5)6/h10,13-16H,1,11-12,17-18H2,2-9H3. The zero-order valence-corrected chi connectivity index (χ0v) is 24.7. The molecule has 10 heteroatoms. The van der Waals surface area contributed by atoms with Crippen LogP contribution in [0.4, 0.5) is 4.79 Å². The molecule has 0 atom stereocenters. The Morgan fingerprint density at radius 1 is 1.00 bits per heavy atom. The highest BCUT2D eigenvalue weighted by Gasteiger charge is 2.26. The first kappa shape index (κ1) is 30.5. The Labute approximate surface area is 235 Å². The van der Waals surface area contributed by atoms with Gasteiger partial charge >= 0.3 is 12.1 Å². The summed E-state index contributed by atoms with van der Waals surface area (Å²) in [5, 5.41) is 5.08. The summed E-state index contributed by atoms with van der Waals surface area (Å²) in [7, 11) is 0. The van der Waals surface area contributed by atoms with Crippen molar-refractivity contribution >= 4 is 28.7 Å². The van der Waals surface area contributed by atoms with E-state index in [0.29, 0.717) is 35.3 Å². The predicted molar refractivity (Wildman–Crippen MR) is 153 cm³/mol. The maximum Gasteiger partial charge on any atom is 0.410 e. The topological polar surface area (TPSA) is 117 Å². The Morgan fingerprint density at radius 2 is 1.62 bits per heavy atom. The van der Waals surface area contributed by atoms with Gasteiger partial charge in [0.05, 0.1) is 12.1 Å². The van der Waals surface area contributed by atoms with E-state index in [1.807, 2.05) is 32.9 Å². The predicted octanol–water partition coefficient (Wildman–Crippen LogP) is 5.66. The van der Waals surface area contributed by atoms with Crippen molar-refractivity contribution in [1.82, 2.24) is 24.6 Å². The number of aryl methyl sites for hydroxylation is 1. The van der Waals surface area contributed by atoms with Crippen molar-refractivity contribution in [2.45, 2.75) is 86.1 Å². The highest BCUT2D eigenvalue weighted by molar-refractivity contribution is 6.07. The van der Waals surface area contributed by atoms with Crippen LogP contribution in [0.1, 0.15) is 76.8 Å². The summed E-state index contributed by atoms with van der Waals surface area (Å²) in [5.41, 5.74) is 1.53. The lowest BCUT2D eigenvalue weighted by atomic mass is 9.99. The Hall–Kier alpha value is -4.08. The number of Topliss-reactive ketones (excluding diaryl/α,β-unsaturated/α-hetero) is 1. The van der Waals surface area contributed by atoms with E-state index < -0.39 is 23.3 Å². The van der Waals surface area contributed by atoms with E-state index >= 15 is 0 Å². The van der Waals surface area contributed by atoms with Gasteiger partial charge in [-0.1, -0.05) is 6.08 Å². The molecule has 0 saturated heterocycles. The van der Waals surface area contributed by atoms with Crippen LogP contribution in [-0.2, 0) is 27.4 Å². The molecule has 0 aliphatic rings. The maximum absolute atomic E-state index is 13.2. The number of hydrogen-bond acceptors (Lipinski definition) is 8. The average Bonchev–Trinajstić information content (AvgIpc) is 3.18. The van der Waals surface area contributed by atoms with Crippen LogP contribution in [0.5, 0.6) is 0 Å². The van der Waals surface area contributed by atoms with Crippen LogP contribution < -0.4 is 0 Å². The molecule has 2 aromatic heterocycles. The third-order valence-electron chi connectivity index (χ3n) is 5.69. The number of hydrogen-bond donors (Lipinski definition) is 0. The minimum atomic E-state index is -0.694. The number of ketones is 1. The van der Waals surface area contributed by atoms with E-state index in [2.05, 4.69) is 21.6 Å². The molecule has 0 bridgehead atoms. The number of carbonyl (C=O) groups excluding carboxylic acids is 3. The lowest BCUT2D eigenvalue weighted by Crippen LogP contribution is -2.37. The van der Waals surface area contributed by atoms with Crippen molar-refractivity contribution in [2.24, 2.45) is 0 Å². The molecule has 10 nitrogen and oxygen atoms in total. The molecule has 0 radical (unpaired) electrons. The molecule has 3 aromatic rings. The summed E-state index contributed by atoms with van der Waals surface area (Å²) >= 11 is 0. The highest BCUT2D eigenvalue weighted by atomic mass is 16.6. The van der Waals surface area contributed by atoms with Crippen molar-refractivity contribution < 1.29 is 23.9 Å². The summed E-state index contributed by atoms with van der Waals surface area (Å²) in [4.78, 5) is 49.0. The van der Waals surface area contributed by atoms with Gasteiger partial charge in [0.2, 0.25) is 0 Å². The number of ether oxygens (including phenoxy) is 2. The minimum Gasteiger partial charge on any atom is -0.459 e. The number of carbonyl (C=O) groups is 3. The largest absolute Gasteiger partial charge is 0.459 e. The Kier molecular flexibility index (Phi) is 9.12. The van der Waals surface area contributed by atoms with Crippen LogP contribution in [0.25, 0.3) is 22.0 Å². The fraction of sp³-hybridized carbons (Fsp3) is 0.467. The van der Waals surface area contributed by atoms with Crippen molar-refractivity contribution in [3.63, 3.8) is 0 Å². The smallest absolute Gasteiger partial charge is 0.410 e. The van der Waals surface area contributed by atoms with Gasteiger partial charge in [0.25, 0.3) is 0 Å². The fourth-order valence-corrected chi connectivity index (χ4v) is 4.12. The summed E-state index contributed by atoms with van der Waals surface area (Å²) in [6.45, 7) is 18.1. The van der Waals surface area contributed by atoms with Gasteiger partial charge in [0.15, 0.2) is 5.78 Å². The number of fused-ring (bicyclic) bond motifs is 1. The maximum atomic E-state index is 13.2. The molecule has 2 heterocycles. The first-order chi connectivity index (χ1) is 18.6. The number of aromatic nitrogens is 4. The van der Waals surface area contributed by atoms with Gasteiger partial charge in [-0.3, -0.25) is 14.3 Å². The second-order valence-electron chi connectivity index (χ2n) is 11.7. The third kappa shape index (κ3) is 7.97. The van der Waals surface area contributed by atoms with Crippen LogP contribution in [-0.4, -0.2) is 60.2 Å². The Balaban J connectivity index is 2.24. The van der Waals surface area contributed by atoms with Crippen LogP contribution >= 0.6 is 0 Å². The van der Waals surface area contributed by atoms with Crippen LogP contribution in [0.15, 0.2) is 37.2 Å². The molecular weight excluding hydrogens is 510 g/mol. The van der Waals surface area contributed by atoms with Crippen molar-refractivity contribution in [1.29, 1.82) is 0 Å². The van der Waals surface area contributed by atoms with Crippen molar-refractivity contribution in [3.05, 3.63) is 54.3 Å². The molecule has 1 aromatic carbocycles. The molecule has 40 heavy (non-hydrogen) atoms. The van der Waals surface area contributed by atoms with Gasteiger partial charge in [-0.05, 0) is 78.1 Å². The average molecular weight is 550 g/mol. The lowest BCUT2D eigenvalue weighted by Gasteiger charge is -2.28. The van der Waals surface area contributed by atoms with Gasteiger partial charge < -0.3 is 14.4 Å². The molecule has 0 fully saturated rings. The van der Waals surface area contributed by atoms with Gasteiger partial charge in [0.1, 0.15) is 29.3 Å². The monoisotopic (exact) mass is 549 g/mol. The fourth-order valence-electron chi connectivity index (χ4n) is 4.12. The van der Waals surface area contributed by atoms with Crippen molar-refractivity contribution in [3.8, 4) is 11.1 Å². The normalized spacial score (nSPS) is 11.8. The van der Waals surface area contributed by atoms with Crippen molar-refractivity contribution in [2.75, 3.05) is 6.54 Å². The minimum absolute atomic E-state index is 0.136. The quantitative estimate of drug-likeness (QED) is 0.191. The molecule has 0 N–H and O–H groups in total. The molecule has 0 aliphatic carbocycles. The lowest BCUT2D eigenvalue weighted by molar-refractivity contribution is -0.155. The van der Waals surface area contributed by atoms with E-state index in [0.717, 1.165) is 11.1 Å². The molecule has 1 amide bonds. The zero-order valence-electron chi connectivity index (χ0n) is 24.7. The SMILES string of the molecule is C=CCCN(Cc1cc(-c2cnc(C)nc2)cc2c(C(C)=O)nn(CC(=O)OC(C)(C)C)c12)C(=O)OC(C)(C)C. The molecule has 0 saturated carbocycles. The van der Waals surface area contributed by atoms with E-state index in [1.165, 1.54) is 11.6 Å². The molecule has 0 unspecified atom stereocenters. The molecule has 3 rings (SSSR count). The van der Waals surface area contributed by atoms with E-state index in [9.17, 15) is 14.4 Å². The number of esters is 1. The van der Waals surface area contributed by atoms with Gasteiger partial charge in [-0.25, -0.2) is 14.8 Å². The molecule has 0 aliphatic heterocycles. The van der Waals surface area contributed by atoms with E-state index in [1.54, 1.807) is 51.1 Å². The molecular formula is C30H39N5O5. The van der Waals surface area contributed by atoms with Crippen LogP contribution in [0, 0.1) is 6.92 Å². The van der Waals surface area contributed by atoms with Crippen LogP contribution in [0.3, 0.4) is 0 Å². The van der Waals surface area contributed by atoms with E-state index in [4.69, 9.17) is 9.47 Å². The molecule has 0 spiro atoms. The van der Waals surface area contributed by atoms with E-state index in [-0.39, 0.29) is 24.6 Å². The Morgan fingerprint density at radius 3 is 2.17 bits per heavy atom. The summed E-state index contributed by atoms with van der Waals surface area (Å²) < 4.78 is 12.7.